The minimum atomic E-state index is -0.313. The number of halogens is 1. The number of amides is 1. The Morgan fingerprint density at radius 3 is 2.52 bits per heavy atom. The van der Waals surface area contributed by atoms with E-state index in [9.17, 15) is 9.18 Å². The first-order valence-electron chi connectivity index (χ1n) is 9.79. The van der Waals surface area contributed by atoms with Crippen LogP contribution in [0.4, 0.5) is 10.2 Å². The van der Waals surface area contributed by atoms with Crippen LogP contribution in [0.3, 0.4) is 0 Å². The molecule has 0 aliphatic carbocycles. The third kappa shape index (κ3) is 4.39. The summed E-state index contributed by atoms with van der Waals surface area (Å²) >= 11 is 1.27. The SMILES string of the molecule is Cc1nc(-c2ccc(F)cc2)sc1C(=O)Nc1cc(C(C)(C)C)nn1-c1ccccn1. The summed E-state index contributed by atoms with van der Waals surface area (Å²) in [5.41, 5.74) is 2.01. The van der Waals surface area contributed by atoms with Gasteiger partial charge in [0, 0.05) is 23.2 Å². The normalized spacial score (nSPS) is 11.5. The first-order chi connectivity index (χ1) is 14.7. The number of hydrogen-bond donors (Lipinski definition) is 1. The Hall–Kier alpha value is -3.39. The molecule has 0 saturated heterocycles. The van der Waals surface area contributed by atoms with Gasteiger partial charge in [0.15, 0.2) is 5.82 Å². The van der Waals surface area contributed by atoms with E-state index in [1.165, 1.54) is 23.5 Å². The van der Waals surface area contributed by atoms with Crippen molar-refractivity contribution in [1.82, 2.24) is 19.7 Å². The fraction of sp³-hybridized carbons (Fsp3) is 0.217. The number of carbonyl (C=O) groups excluding carboxylic acids is 1. The van der Waals surface area contributed by atoms with Gasteiger partial charge in [0.25, 0.3) is 5.91 Å². The molecule has 0 fully saturated rings. The molecule has 3 aromatic heterocycles. The topological polar surface area (TPSA) is 72.7 Å². The van der Waals surface area contributed by atoms with Crippen molar-refractivity contribution in [3.05, 3.63) is 76.8 Å². The monoisotopic (exact) mass is 435 g/mol. The van der Waals surface area contributed by atoms with Crippen LogP contribution in [-0.2, 0) is 5.41 Å². The Balaban J connectivity index is 1.67. The Morgan fingerprint density at radius 1 is 1.13 bits per heavy atom. The van der Waals surface area contributed by atoms with Crippen LogP contribution in [0.25, 0.3) is 16.4 Å². The van der Waals surface area contributed by atoms with Crippen molar-refractivity contribution >= 4 is 23.1 Å². The number of aryl methyl sites for hydroxylation is 1. The van der Waals surface area contributed by atoms with E-state index >= 15 is 0 Å². The van der Waals surface area contributed by atoms with Gasteiger partial charge in [0.2, 0.25) is 0 Å². The first kappa shape index (κ1) is 20.9. The number of benzene rings is 1. The van der Waals surface area contributed by atoms with Gasteiger partial charge in [0.1, 0.15) is 21.5 Å². The highest BCUT2D eigenvalue weighted by Gasteiger charge is 2.23. The maximum Gasteiger partial charge on any atom is 0.268 e. The molecule has 0 aliphatic heterocycles. The smallest absolute Gasteiger partial charge is 0.268 e. The summed E-state index contributed by atoms with van der Waals surface area (Å²) in [6, 6.07) is 13.5. The molecule has 1 aromatic carbocycles. The molecule has 8 heteroatoms. The maximum absolute atomic E-state index is 13.2. The molecule has 4 aromatic rings. The minimum Gasteiger partial charge on any atom is -0.306 e. The van der Waals surface area contributed by atoms with Crippen molar-refractivity contribution in [2.45, 2.75) is 33.1 Å². The van der Waals surface area contributed by atoms with Crippen LogP contribution in [0.5, 0.6) is 0 Å². The molecule has 31 heavy (non-hydrogen) atoms. The van der Waals surface area contributed by atoms with Crippen LogP contribution in [0.15, 0.2) is 54.7 Å². The predicted molar refractivity (Wildman–Crippen MR) is 120 cm³/mol. The van der Waals surface area contributed by atoms with Gasteiger partial charge in [-0.3, -0.25) is 4.79 Å². The summed E-state index contributed by atoms with van der Waals surface area (Å²) < 4.78 is 14.9. The Morgan fingerprint density at radius 2 is 1.87 bits per heavy atom. The highest BCUT2D eigenvalue weighted by molar-refractivity contribution is 7.17. The molecule has 0 atom stereocenters. The van der Waals surface area contributed by atoms with Gasteiger partial charge >= 0.3 is 0 Å². The van der Waals surface area contributed by atoms with Crippen LogP contribution in [0, 0.1) is 12.7 Å². The Kier molecular flexibility index (Phi) is 5.41. The quantitative estimate of drug-likeness (QED) is 0.467. The second-order valence-electron chi connectivity index (χ2n) is 8.16. The lowest BCUT2D eigenvalue weighted by molar-refractivity contribution is 0.102. The molecular weight excluding hydrogens is 413 g/mol. The standard InChI is InChI=1S/C23H22FN5OS/c1-14-20(31-22(26-14)15-8-10-16(24)11-9-15)21(30)27-19-13-17(23(2,3)4)28-29(19)18-7-5-6-12-25-18/h5-13H,1-4H3,(H,27,30). The van der Waals surface area contributed by atoms with Gasteiger partial charge in [-0.15, -0.1) is 11.3 Å². The van der Waals surface area contributed by atoms with Crippen LogP contribution < -0.4 is 5.32 Å². The van der Waals surface area contributed by atoms with Crippen LogP contribution >= 0.6 is 11.3 Å². The van der Waals surface area contributed by atoms with Crippen molar-refractivity contribution in [3.63, 3.8) is 0 Å². The largest absolute Gasteiger partial charge is 0.306 e. The van der Waals surface area contributed by atoms with Crippen molar-refractivity contribution in [1.29, 1.82) is 0 Å². The van der Waals surface area contributed by atoms with E-state index in [2.05, 4.69) is 41.2 Å². The van der Waals surface area contributed by atoms with E-state index in [4.69, 9.17) is 0 Å². The lowest BCUT2D eigenvalue weighted by atomic mass is 9.92. The first-order valence-corrected chi connectivity index (χ1v) is 10.6. The van der Waals surface area contributed by atoms with Crippen LogP contribution in [0.2, 0.25) is 0 Å². The third-order valence-corrected chi connectivity index (χ3v) is 5.88. The summed E-state index contributed by atoms with van der Waals surface area (Å²) in [4.78, 5) is 22.5. The number of aromatic nitrogens is 4. The average molecular weight is 436 g/mol. The summed E-state index contributed by atoms with van der Waals surface area (Å²) in [5, 5.41) is 8.30. The predicted octanol–water partition coefficient (Wildman–Crippen LogP) is 5.39. The highest BCUT2D eigenvalue weighted by atomic mass is 32.1. The molecule has 6 nitrogen and oxygen atoms in total. The van der Waals surface area contributed by atoms with Crippen molar-refractivity contribution in [2.75, 3.05) is 5.32 Å². The number of carbonyl (C=O) groups is 1. The number of nitrogens with one attached hydrogen (secondary N) is 1. The minimum absolute atomic E-state index is 0.199. The fourth-order valence-electron chi connectivity index (χ4n) is 2.99. The Labute approximate surface area is 183 Å². The number of hydrogen-bond acceptors (Lipinski definition) is 5. The van der Waals surface area contributed by atoms with E-state index in [0.717, 1.165) is 11.3 Å². The van der Waals surface area contributed by atoms with E-state index in [1.807, 2.05) is 24.3 Å². The molecule has 158 valence electrons. The second-order valence-corrected chi connectivity index (χ2v) is 9.16. The van der Waals surface area contributed by atoms with Gasteiger partial charge < -0.3 is 5.32 Å². The lowest BCUT2D eigenvalue weighted by Crippen LogP contribution is -2.15. The number of rotatable bonds is 4. The number of pyridine rings is 1. The molecule has 0 bridgehead atoms. The zero-order chi connectivity index (χ0) is 22.2. The number of anilines is 1. The molecule has 0 spiro atoms. The van der Waals surface area contributed by atoms with E-state index in [-0.39, 0.29) is 17.1 Å². The zero-order valence-corrected chi connectivity index (χ0v) is 18.5. The molecule has 3 heterocycles. The average Bonchev–Trinajstić information content (AvgIpc) is 3.33. The van der Waals surface area contributed by atoms with E-state index in [0.29, 0.717) is 27.2 Å². The molecule has 0 radical (unpaired) electrons. The molecule has 1 amide bonds. The van der Waals surface area contributed by atoms with Gasteiger partial charge in [-0.1, -0.05) is 26.8 Å². The number of thiazole rings is 1. The van der Waals surface area contributed by atoms with Gasteiger partial charge in [-0.05, 0) is 43.3 Å². The summed E-state index contributed by atoms with van der Waals surface area (Å²) in [6.07, 6.45) is 1.68. The van der Waals surface area contributed by atoms with Gasteiger partial charge in [0.05, 0.1) is 11.4 Å². The maximum atomic E-state index is 13.2. The van der Waals surface area contributed by atoms with Crippen molar-refractivity contribution in [3.8, 4) is 16.4 Å². The van der Waals surface area contributed by atoms with Crippen molar-refractivity contribution in [2.24, 2.45) is 0 Å². The molecule has 4 rings (SSSR count). The summed E-state index contributed by atoms with van der Waals surface area (Å²) in [5.74, 6) is 0.555. The molecule has 0 aliphatic rings. The highest BCUT2D eigenvalue weighted by Crippen LogP contribution is 2.30. The molecule has 0 saturated carbocycles. The lowest BCUT2D eigenvalue weighted by Gasteiger charge is -2.13. The van der Waals surface area contributed by atoms with Crippen molar-refractivity contribution < 1.29 is 9.18 Å². The summed E-state index contributed by atoms with van der Waals surface area (Å²) in [6.45, 7) is 7.97. The second kappa shape index (κ2) is 8.03. The molecular formula is C23H22FN5OS. The molecule has 0 unspecified atom stereocenters. The van der Waals surface area contributed by atoms with Crippen LogP contribution in [0.1, 0.15) is 41.8 Å². The fourth-order valence-corrected chi connectivity index (χ4v) is 3.95. The zero-order valence-electron chi connectivity index (χ0n) is 17.7. The Bertz CT molecular complexity index is 1220. The molecule has 1 N–H and O–H groups in total. The van der Waals surface area contributed by atoms with Gasteiger partial charge in [-0.2, -0.15) is 9.78 Å². The van der Waals surface area contributed by atoms with E-state index in [1.54, 1.807) is 29.9 Å². The summed E-state index contributed by atoms with van der Waals surface area (Å²) in [7, 11) is 0. The van der Waals surface area contributed by atoms with Crippen LogP contribution in [-0.4, -0.2) is 25.7 Å². The number of nitrogens with zero attached hydrogens (tertiary/aromatic N) is 4. The van der Waals surface area contributed by atoms with Gasteiger partial charge in [-0.25, -0.2) is 14.4 Å². The third-order valence-electron chi connectivity index (χ3n) is 4.68. The van der Waals surface area contributed by atoms with E-state index < -0.39 is 0 Å².